The maximum atomic E-state index is 12.9. The van der Waals surface area contributed by atoms with Gasteiger partial charge in [-0.05, 0) is 41.9 Å². The Morgan fingerprint density at radius 2 is 1.89 bits per heavy atom. The van der Waals surface area contributed by atoms with Crippen molar-refractivity contribution in [2.45, 2.75) is 36.6 Å². The molecule has 2 aliphatic carbocycles. The van der Waals surface area contributed by atoms with Gasteiger partial charge in [0.1, 0.15) is 10.6 Å². The van der Waals surface area contributed by atoms with Crippen molar-refractivity contribution in [3.63, 3.8) is 0 Å². The number of ether oxygens (including phenoxy) is 1. The number of benzene rings is 2. The van der Waals surface area contributed by atoms with Gasteiger partial charge in [-0.15, -0.1) is 0 Å². The van der Waals surface area contributed by atoms with Gasteiger partial charge in [0, 0.05) is 31.2 Å². The number of hydrogen-bond donors (Lipinski definition) is 1. The Balaban J connectivity index is 0.00000102. The first-order valence-corrected chi connectivity index (χ1v) is 11.1. The molecule has 0 amide bonds. The zero-order valence-electron chi connectivity index (χ0n) is 16.5. The zero-order valence-corrected chi connectivity index (χ0v) is 17.3. The first-order valence-electron chi connectivity index (χ1n) is 9.58. The predicted molar refractivity (Wildman–Crippen MR) is 108 cm³/mol. The Hall–Kier alpha value is -1.89. The van der Waals surface area contributed by atoms with Crippen LogP contribution in [-0.2, 0) is 9.84 Å². The first-order chi connectivity index (χ1) is 13.1. The molecule has 5 nitrogen and oxygen atoms in total. The molecule has 0 saturated carbocycles. The maximum Gasteiger partial charge on any atom is 0.210 e. The van der Waals surface area contributed by atoms with Crippen molar-refractivity contribution in [1.29, 1.82) is 0 Å². The lowest BCUT2D eigenvalue weighted by Crippen LogP contribution is -2.45. The fourth-order valence-electron chi connectivity index (χ4n) is 3.63. The van der Waals surface area contributed by atoms with Crippen LogP contribution in [0.25, 0.3) is 11.1 Å². The van der Waals surface area contributed by atoms with E-state index in [4.69, 9.17) is 4.74 Å². The molecular formula is C21H28N2O3S. The van der Waals surface area contributed by atoms with Crippen LogP contribution in [0.5, 0.6) is 5.75 Å². The lowest BCUT2D eigenvalue weighted by molar-refractivity contribution is 0.171. The van der Waals surface area contributed by atoms with Gasteiger partial charge in [-0.1, -0.05) is 32.9 Å². The minimum absolute atomic E-state index is 0.268. The molecule has 6 heteroatoms. The van der Waals surface area contributed by atoms with E-state index < -0.39 is 9.84 Å². The van der Waals surface area contributed by atoms with Gasteiger partial charge in [-0.3, -0.25) is 4.90 Å². The Bertz CT molecular complexity index is 908. The molecule has 1 fully saturated rings. The van der Waals surface area contributed by atoms with Crippen LogP contribution >= 0.6 is 0 Å². The molecule has 146 valence electrons. The number of methoxy groups -OCH3 is 1. The summed E-state index contributed by atoms with van der Waals surface area (Å²) in [4.78, 5) is 2.99. The lowest BCUT2D eigenvalue weighted by atomic mass is 10.0. The first kappa shape index (κ1) is 19.9. The van der Waals surface area contributed by atoms with E-state index >= 15 is 0 Å². The molecule has 1 aromatic carbocycles. The van der Waals surface area contributed by atoms with Crippen molar-refractivity contribution in [3.8, 4) is 16.9 Å². The number of nitrogens with zero attached hydrogens (tertiary/aromatic N) is 1. The van der Waals surface area contributed by atoms with E-state index in [-0.39, 0.29) is 10.9 Å². The molecule has 1 unspecified atom stereocenters. The summed E-state index contributed by atoms with van der Waals surface area (Å²) in [5.41, 5.74) is 3.01. The summed E-state index contributed by atoms with van der Waals surface area (Å²) in [6, 6.07) is 11.2. The molecule has 1 saturated heterocycles. The SMILES string of the molecule is CC.CCN1CCNCC1c1ccc(S(=O)(=O)c2cc3cc-3c2OC)cc1. The van der Waals surface area contributed by atoms with Gasteiger partial charge in [0.15, 0.2) is 0 Å². The molecule has 1 N–H and O–H groups in total. The molecule has 0 radical (unpaired) electrons. The Morgan fingerprint density at radius 3 is 2.52 bits per heavy atom. The van der Waals surface area contributed by atoms with Gasteiger partial charge < -0.3 is 10.1 Å². The largest absolute Gasteiger partial charge is 0.495 e. The Kier molecular flexibility index (Phi) is 5.89. The van der Waals surface area contributed by atoms with E-state index in [0.29, 0.717) is 10.6 Å². The molecule has 3 aliphatic rings. The average Bonchev–Trinajstić information content (AvgIpc) is 3.39. The fraction of sp³-hybridized carbons (Fsp3) is 0.429. The number of rotatable bonds is 5. The normalized spacial score (nSPS) is 18.4. The van der Waals surface area contributed by atoms with Crippen LogP contribution in [0.2, 0.25) is 0 Å². The number of sulfone groups is 1. The number of nitrogens with one attached hydrogen (secondary N) is 1. The second-order valence-electron chi connectivity index (χ2n) is 6.48. The molecule has 0 bridgehead atoms. The van der Waals surface area contributed by atoms with Crippen molar-refractivity contribution in [3.05, 3.63) is 42.0 Å². The summed E-state index contributed by atoms with van der Waals surface area (Å²) >= 11 is 0. The van der Waals surface area contributed by atoms with E-state index in [9.17, 15) is 8.42 Å². The van der Waals surface area contributed by atoms with Crippen LogP contribution in [0.4, 0.5) is 0 Å². The van der Waals surface area contributed by atoms with Crippen LogP contribution in [0, 0.1) is 0 Å². The molecule has 27 heavy (non-hydrogen) atoms. The van der Waals surface area contributed by atoms with Crippen LogP contribution in [0.1, 0.15) is 32.4 Å². The molecule has 1 aromatic rings. The second-order valence-corrected chi connectivity index (χ2v) is 8.39. The van der Waals surface area contributed by atoms with Gasteiger partial charge in [0.05, 0.1) is 12.0 Å². The highest BCUT2D eigenvalue weighted by molar-refractivity contribution is 7.91. The highest BCUT2D eigenvalue weighted by Crippen LogP contribution is 2.49. The summed E-state index contributed by atoms with van der Waals surface area (Å²) in [5, 5.41) is 3.41. The summed E-state index contributed by atoms with van der Waals surface area (Å²) in [7, 11) is -2.05. The van der Waals surface area contributed by atoms with Crippen LogP contribution in [0.15, 0.2) is 46.2 Å². The Labute approximate surface area is 162 Å². The number of piperazine rings is 1. The van der Waals surface area contributed by atoms with E-state index in [1.54, 1.807) is 18.2 Å². The summed E-state index contributed by atoms with van der Waals surface area (Å²) in [6.45, 7) is 10.0. The van der Waals surface area contributed by atoms with E-state index in [2.05, 4.69) is 17.1 Å². The van der Waals surface area contributed by atoms with Crippen molar-refractivity contribution >= 4 is 9.84 Å². The van der Waals surface area contributed by atoms with Crippen LogP contribution < -0.4 is 10.1 Å². The number of hydrogen-bond acceptors (Lipinski definition) is 5. The third-order valence-electron chi connectivity index (χ3n) is 5.11. The third-order valence-corrected chi connectivity index (χ3v) is 6.89. The van der Waals surface area contributed by atoms with Gasteiger partial charge in [0.25, 0.3) is 0 Å². The summed E-state index contributed by atoms with van der Waals surface area (Å²) in [5.74, 6) is 0.465. The highest BCUT2D eigenvalue weighted by atomic mass is 32.2. The smallest absolute Gasteiger partial charge is 0.210 e. The molecule has 1 atom stereocenters. The van der Waals surface area contributed by atoms with Gasteiger partial charge in [-0.2, -0.15) is 0 Å². The average molecular weight is 389 g/mol. The molecule has 0 spiro atoms. The fourth-order valence-corrected chi connectivity index (χ4v) is 5.10. The van der Waals surface area contributed by atoms with E-state index in [0.717, 1.165) is 42.9 Å². The van der Waals surface area contributed by atoms with E-state index in [1.807, 2.05) is 32.0 Å². The second kappa shape index (κ2) is 8.00. The van der Waals surface area contributed by atoms with Gasteiger partial charge in [-0.25, -0.2) is 8.42 Å². The minimum atomic E-state index is -3.56. The number of likely N-dealkylation sites (N-methyl/N-ethyl adjacent to an activating group) is 1. The molecule has 1 heterocycles. The maximum absolute atomic E-state index is 12.9. The predicted octanol–water partition coefficient (Wildman–Crippen LogP) is 3.50. The van der Waals surface area contributed by atoms with Crippen molar-refractivity contribution in [2.75, 3.05) is 33.3 Å². The monoisotopic (exact) mass is 388 g/mol. The van der Waals surface area contributed by atoms with Crippen molar-refractivity contribution in [1.82, 2.24) is 10.2 Å². The quantitative estimate of drug-likeness (QED) is 0.725. The van der Waals surface area contributed by atoms with E-state index in [1.165, 1.54) is 7.11 Å². The summed E-state index contributed by atoms with van der Waals surface area (Å²) < 4.78 is 31.2. The Morgan fingerprint density at radius 1 is 1.19 bits per heavy atom. The minimum Gasteiger partial charge on any atom is -0.495 e. The third kappa shape index (κ3) is 3.61. The lowest BCUT2D eigenvalue weighted by Gasteiger charge is -2.35. The topological polar surface area (TPSA) is 58.6 Å². The molecular weight excluding hydrogens is 360 g/mol. The standard InChI is InChI=1S/C19H22N2O3S.C2H6/c1-3-21-9-8-20-12-17(21)13-4-6-15(7-5-13)25(22,23)18-11-14-10-16(14)19(18)24-2;1-2/h4-7,10-11,17,20H,3,8-9,12H2,1-2H3;1-2H3. The van der Waals surface area contributed by atoms with Crippen molar-refractivity contribution < 1.29 is 13.2 Å². The van der Waals surface area contributed by atoms with Gasteiger partial charge >= 0.3 is 0 Å². The molecule has 0 aromatic heterocycles. The summed E-state index contributed by atoms with van der Waals surface area (Å²) in [6.07, 6.45) is 0. The van der Waals surface area contributed by atoms with Crippen LogP contribution in [-0.4, -0.2) is 46.6 Å². The molecule has 1 aliphatic heterocycles. The molecule has 4 rings (SSSR count). The number of fused-ring (bicyclic) bond motifs is 1. The van der Waals surface area contributed by atoms with Gasteiger partial charge in [0.2, 0.25) is 9.84 Å². The van der Waals surface area contributed by atoms with Crippen molar-refractivity contribution in [2.24, 2.45) is 0 Å². The van der Waals surface area contributed by atoms with Crippen LogP contribution in [0.3, 0.4) is 0 Å². The highest BCUT2D eigenvalue weighted by Gasteiger charge is 2.32. The zero-order chi connectivity index (χ0) is 19.6.